The molecule has 0 aromatic rings. The minimum absolute atomic E-state index is 0.231. The Hall–Kier alpha value is -0.120. The first-order valence-electron chi connectivity index (χ1n) is 2.83. The first kappa shape index (κ1) is 6.01. The van der Waals surface area contributed by atoms with Gasteiger partial charge in [-0.25, -0.2) is 0 Å². The lowest BCUT2D eigenvalue weighted by molar-refractivity contribution is -0.0901. The summed E-state index contributed by atoms with van der Waals surface area (Å²) in [6.07, 6.45) is 0.231. The lowest BCUT2D eigenvalue weighted by Crippen LogP contribution is -2.17. The van der Waals surface area contributed by atoms with Crippen LogP contribution in [0.4, 0.5) is 0 Å². The number of hydrogen-bond donors (Lipinski definition) is 1. The molecule has 48 valence electrons. The van der Waals surface area contributed by atoms with Gasteiger partial charge in [0.25, 0.3) is 0 Å². The molecule has 1 atom stereocenters. The molecule has 0 bridgehead atoms. The van der Waals surface area contributed by atoms with Crippen LogP contribution in [0.15, 0.2) is 0 Å². The van der Waals surface area contributed by atoms with Gasteiger partial charge in [-0.2, -0.15) is 0 Å². The third-order valence-corrected chi connectivity index (χ3v) is 1.25. The van der Waals surface area contributed by atoms with E-state index in [0.29, 0.717) is 12.5 Å². The molecule has 1 aliphatic rings. The topological polar surface area (TPSA) is 30.5 Å². The Morgan fingerprint density at radius 2 is 2.38 bits per heavy atom. The van der Waals surface area contributed by atoms with E-state index in [-0.39, 0.29) is 6.10 Å². The molecule has 3 heteroatoms. The summed E-state index contributed by atoms with van der Waals surface area (Å²) in [7, 11) is 0. The summed E-state index contributed by atoms with van der Waals surface area (Å²) in [5.74, 6) is 0.532. The van der Waals surface area contributed by atoms with E-state index in [1.54, 1.807) is 0 Å². The van der Waals surface area contributed by atoms with E-state index >= 15 is 0 Å². The van der Waals surface area contributed by atoms with Crippen molar-refractivity contribution in [1.29, 1.82) is 0 Å². The lowest BCUT2D eigenvalue weighted by atomic mass is 10.1. The smallest absolute Gasteiger partial charge is 0.109 e. The van der Waals surface area contributed by atoms with Gasteiger partial charge in [0.1, 0.15) is 6.10 Å². The SMILES string of the molecule is CC(C)C1CONO1. The Kier molecular flexibility index (Phi) is 1.83. The van der Waals surface area contributed by atoms with Crippen LogP contribution in [-0.2, 0) is 9.68 Å². The van der Waals surface area contributed by atoms with E-state index in [2.05, 4.69) is 19.5 Å². The van der Waals surface area contributed by atoms with Gasteiger partial charge in [0.2, 0.25) is 0 Å². The molecule has 1 N–H and O–H groups in total. The summed E-state index contributed by atoms with van der Waals surface area (Å²) in [5.41, 5.74) is 2.35. The zero-order valence-electron chi connectivity index (χ0n) is 5.18. The highest BCUT2D eigenvalue weighted by Crippen LogP contribution is 2.08. The van der Waals surface area contributed by atoms with Crippen molar-refractivity contribution in [1.82, 2.24) is 5.64 Å². The van der Waals surface area contributed by atoms with Gasteiger partial charge in [0.15, 0.2) is 0 Å². The Balaban J connectivity index is 2.24. The molecule has 1 fully saturated rings. The third-order valence-electron chi connectivity index (χ3n) is 1.25. The molecule has 0 spiro atoms. The molecule has 0 radical (unpaired) electrons. The second-order valence-corrected chi connectivity index (χ2v) is 2.29. The minimum atomic E-state index is 0.231. The van der Waals surface area contributed by atoms with Crippen LogP contribution in [0.1, 0.15) is 13.8 Å². The van der Waals surface area contributed by atoms with Crippen molar-refractivity contribution in [3.05, 3.63) is 0 Å². The van der Waals surface area contributed by atoms with E-state index in [0.717, 1.165) is 0 Å². The predicted octanol–water partition coefficient (Wildman–Crippen LogP) is 0.477. The molecule has 0 aromatic heterocycles. The number of nitrogens with one attached hydrogen (secondary N) is 1. The molecular weight excluding hydrogens is 106 g/mol. The zero-order valence-corrected chi connectivity index (χ0v) is 5.18. The molecule has 1 unspecified atom stereocenters. The van der Waals surface area contributed by atoms with Gasteiger partial charge in [0.05, 0.1) is 6.61 Å². The second-order valence-electron chi connectivity index (χ2n) is 2.29. The van der Waals surface area contributed by atoms with Crippen molar-refractivity contribution in [3.8, 4) is 0 Å². The van der Waals surface area contributed by atoms with Crippen LogP contribution in [0.25, 0.3) is 0 Å². The average molecular weight is 117 g/mol. The molecule has 8 heavy (non-hydrogen) atoms. The molecule has 1 rings (SSSR count). The summed E-state index contributed by atoms with van der Waals surface area (Å²) in [6, 6.07) is 0. The van der Waals surface area contributed by atoms with Crippen LogP contribution >= 0.6 is 0 Å². The Bertz CT molecular complexity index is 68.8. The molecule has 0 aromatic carbocycles. The number of rotatable bonds is 1. The Morgan fingerprint density at radius 3 is 2.62 bits per heavy atom. The maximum atomic E-state index is 4.94. The highest BCUT2D eigenvalue weighted by atomic mass is 16.9. The largest absolute Gasteiger partial charge is 0.274 e. The van der Waals surface area contributed by atoms with Gasteiger partial charge in [-0.15, -0.1) is 0 Å². The predicted molar refractivity (Wildman–Crippen MR) is 28.8 cm³/mol. The van der Waals surface area contributed by atoms with Gasteiger partial charge in [-0.1, -0.05) is 19.5 Å². The maximum absolute atomic E-state index is 4.94. The standard InChI is InChI=1S/C5H11NO2/c1-4(2)5-3-7-6-8-5/h4-6H,3H2,1-2H3. The second kappa shape index (κ2) is 2.44. The molecule has 1 heterocycles. The van der Waals surface area contributed by atoms with Gasteiger partial charge in [-0.3, -0.25) is 9.68 Å². The van der Waals surface area contributed by atoms with Crippen molar-refractivity contribution in [2.45, 2.75) is 20.0 Å². The maximum Gasteiger partial charge on any atom is 0.109 e. The Labute approximate surface area is 48.9 Å². The van der Waals surface area contributed by atoms with Crippen LogP contribution in [0.3, 0.4) is 0 Å². The van der Waals surface area contributed by atoms with E-state index in [1.807, 2.05) is 0 Å². The summed E-state index contributed by atoms with van der Waals surface area (Å²) in [6.45, 7) is 4.86. The summed E-state index contributed by atoms with van der Waals surface area (Å²) in [4.78, 5) is 9.69. The van der Waals surface area contributed by atoms with Crippen molar-refractivity contribution in [3.63, 3.8) is 0 Å². The fraction of sp³-hybridized carbons (Fsp3) is 1.00. The molecule has 0 amide bonds. The normalized spacial score (nSPS) is 29.6. The first-order chi connectivity index (χ1) is 3.80. The van der Waals surface area contributed by atoms with Crippen molar-refractivity contribution in [2.75, 3.05) is 6.61 Å². The van der Waals surface area contributed by atoms with Crippen LogP contribution in [0, 0.1) is 5.92 Å². The monoisotopic (exact) mass is 117 g/mol. The molecule has 1 saturated heterocycles. The molecule has 0 aliphatic carbocycles. The lowest BCUT2D eigenvalue weighted by Gasteiger charge is -2.07. The van der Waals surface area contributed by atoms with Gasteiger partial charge >= 0.3 is 0 Å². The van der Waals surface area contributed by atoms with Crippen LogP contribution in [-0.4, -0.2) is 12.7 Å². The quantitative estimate of drug-likeness (QED) is 0.541. The fourth-order valence-corrected chi connectivity index (χ4v) is 0.575. The van der Waals surface area contributed by atoms with Crippen LogP contribution in [0.5, 0.6) is 0 Å². The van der Waals surface area contributed by atoms with E-state index in [9.17, 15) is 0 Å². The van der Waals surface area contributed by atoms with E-state index in [1.165, 1.54) is 0 Å². The van der Waals surface area contributed by atoms with Crippen molar-refractivity contribution in [2.24, 2.45) is 5.92 Å². The Morgan fingerprint density at radius 1 is 1.62 bits per heavy atom. The highest BCUT2D eigenvalue weighted by molar-refractivity contribution is 4.60. The molecular formula is C5H11NO2. The van der Waals surface area contributed by atoms with Crippen LogP contribution < -0.4 is 5.64 Å². The van der Waals surface area contributed by atoms with Crippen molar-refractivity contribution >= 4 is 0 Å². The fourth-order valence-electron chi connectivity index (χ4n) is 0.575. The number of hydrogen-bond acceptors (Lipinski definition) is 3. The van der Waals surface area contributed by atoms with Crippen molar-refractivity contribution < 1.29 is 9.68 Å². The van der Waals surface area contributed by atoms with Crippen LogP contribution in [0.2, 0.25) is 0 Å². The third kappa shape index (κ3) is 1.18. The van der Waals surface area contributed by atoms with Gasteiger partial charge in [-0.05, 0) is 5.92 Å². The summed E-state index contributed by atoms with van der Waals surface area (Å²) < 4.78 is 0. The summed E-state index contributed by atoms with van der Waals surface area (Å²) in [5, 5.41) is 0. The average Bonchev–Trinajstić information content (AvgIpc) is 2.12. The molecule has 3 nitrogen and oxygen atoms in total. The minimum Gasteiger partial charge on any atom is -0.274 e. The first-order valence-corrected chi connectivity index (χ1v) is 2.83. The van der Waals surface area contributed by atoms with Gasteiger partial charge < -0.3 is 0 Å². The molecule has 1 aliphatic heterocycles. The highest BCUT2D eigenvalue weighted by Gasteiger charge is 2.19. The van der Waals surface area contributed by atoms with Gasteiger partial charge in [0, 0.05) is 0 Å². The zero-order chi connectivity index (χ0) is 5.98. The van der Waals surface area contributed by atoms with E-state index < -0.39 is 0 Å². The molecule has 0 saturated carbocycles. The summed E-state index contributed by atoms with van der Waals surface area (Å²) >= 11 is 0. The van der Waals surface area contributed by atoms with E-state index in [4.69, 9.17) is 9.68 Å².